The number of H-pyrrole nitrogens is 1. The molecule has 2 aromatic heterocycles. The highest BCUT2D eigenvalue weighted by molar-refractivity contribution is 7.18. The summed E-state index contributed by atoms with van der Waals surface area (Å²) < 4.78 is 11.2. The Balaban J connectivity index is 1.36. The van der Waals surface area contributed by atoms with E-state index in [1.807, 2.05) is 32.0 Å². The molecule has 1 aliphatic carbocycles. The van der Waals surface area contributed by atoms with E-state index >= 15 is 0 Å². The summed E-state index contributed by atoms with van der Waals surface area (Å²) in [5, 5.41) is 3.68. The summed E-state index contributed by atoms with van der Waals surface area (Å²) in [4.78, 5) is 34.6. The van der Waals surface area contributed by atoms with Gasteiger partial charge in [-0.25, -0.2) is 4.98 Å². The van der Waals surface area contributed by atoms with Gasteiger partial charge in [0.1, 0.15) is 10.7 Å². The van der Waals surface area contributed by atoms with Gasteiger partial charge in [0.25, 0.3) is 5.56 Å². The third-order valence-electron chi connectivity index (χ3n) is 5.56. The molecule has 0 atom stereocenters. The smallest absolute Gasteiger partial charge is 0.259 e. The molecule has 1 amide bonds. The summed E-state index contributed by atoms with van der Waals surface area (Å²) in [5.74, 6) is 1.85. The van der Waals surface area contributed by atoms with Crippen molar-refractivity contribution in [1.29, 1.82) is 0 Å². The maximum atomic E-state index is 12.6. The summed E-state index contributed by atoms with van der Waals surface area (Å²) in [6.07, 6.45) is 4.94. The van der Waals surface area contributed by atoms with Crippen molar-refractivity contribution in [3.63, 3.8) is 0 Å². The minimum absolute atomic E-state index is 0.0809. The first-order chi connectivity index (χ1) is 15.6. The number of aryl methyl sites for hydroxylation is 3. The zero-order valence-electron chi connectivity index (χ0n) is 18.6. The van der Waals surface area contributed by atoms with Gasteiger partial charge < -0.3 is 19.8 Å². The Morgan fingerprint density at radius 1 is 1.16 bits per heavy atom. The van der Waals surface area contributed by atoms with Crippen LogP contribution in [0, 0.1) is 0 Å². The molecule has 0 aliphatic heterocycles. The molecule has 1 aromatic carbocycles. The number of fused-ring (bicyclic) bond motifs is 3. The van der Waals surface area contributed by atoms with Crippen molar-refractivity contribution in [3.05, 3.63) is 50.4 Å². The molecule has 2 N–H and O–H groups in total. The Bertz CT molecular complexity index is 1170. The van der Waals surface area contributed by atoms with Gasteiger partial charge >= 0.3 is 0 Å². The molecule has 0 unspecified atom stereocenters. The van der Waals surface area contributed by atoms with Gasteiger partial charge in [0.05, 0.1) is 18.6 Å². The highest BCUT2D eigenvalue weighted by Crippen LogP contribution is 2.33. The van der Waals surface area contributed by atoms with Crippen LogP contribution in [0.3, 0.4) is 0 Å². The van der Waals surface area contributed by atoms with Crippen LogP contribution in [0.4, 0.5) is 0 Å². The van der Waals surface area contributed by atoms with Crippen LogP contribution in [-0.4, -0.2) is 29.1 Å². The Labute approximate surface area is 191 Å². The molecule has 8 heteroatoms. The second kappa shape index (κ2) is 10.2. The average molecular weight is 456 g/mol. The van der Waals surface area contributed by atoms with Crippen molar-refractivity contribution in [1.82, 2.24) is 15.3 Å². The Morgan fingerprint density at radius 3 is 2.75 bits per heavy atom. The molecule has 1 aliphatic rings. The number of rotatable bonds is 9. The van der Waals surface area contributed by atoms with E-state index in [9.17, 15) is 9.59 Å². The van der Waals surface area contributed by atoms with E-state index in [2.05, 4.69) is 15.3 Å². The predicted octanol–water partition coefficient (Wildman–Crippen LogP) is 3.91. The number of hydrogen-bond donors (Lipinski definition) is 2. The fourth-order valence-electron chi connectivity index (χ4n) is 4.05. The van der Waals surface area contributed by atoms with Gasteiger partial charge in [0.15, 0.2) is 11.5 Å². The first-order valence-electron chi connectivity index (χ1n) is 11.3. The topological polar surface area (TPSA) is 93.3 Å². The molecule has 0 radical (unpaired) electrons. The maximum absolute atomic E-state index is 12.6. The third-order valence-corrected chi connectivity index (χ3v) is 6.75. The number of carbonyl (C=O) groups excluding carboxylic acids is 1. The van der Waals surface area contributed by atoms with Crippen LogP contribution in [0.1, 0.15) is 54.9 Å². The second-order valence-electron chi connectivity index (χ2n) is 7.83. The second-order valence-corrected chi connectivity index (χ2v) is 8.91. The normalized spacial score (nSPS) is 13.1. The lowest BCUT2D eigenvalue weighted by atomic mass is 9.97. The van der Waals surface area contributed by atoms with E-state index in [1.165, 1.54) is 16.9 Å². The van der Waals surface area contributed by atoms with E-state index < -0.39 is 0 Å². The van der Waals surface area contributed by atoms with Gasteiger partial charge in [-0.3, -0.25) is 9.59 Å². The molecule has 2 heterocycles. The number of nitrogens with one attached hydrogen (secondary N) is 2. The molecule has 3 aromatic rings. The Kier molecular flexibility index (Phi) is 7.09. The number of benzene rings is 1. The number of thiophene rings is 1. The van der Waals surface area contributed by atoms with Crippen molar-refractivity contribution >= 4 is 27.5 Å². The number of amides is 1. The van der Waals surface area contributed by atoms with Crippen LogP contribution in [0.5, 0.6) is 11.5 Å². The quantitative estimate of drug-likeness (QED) is 0.510. The highest BCUT2D eigenvalue weighted by Gasteiger charge is 2.20. The number of ether oxygens (including phenoxy) is 2. The molecule has 170 valence electrons. The maximum Gasteiger partial charge on any atom is 0.259 e. The molecule has 32 heavy (non-hydrogen) atoms. The van der Waals surface area contributed by atoms with Gasteiger partial charge in [0, 0.05) is 24.3 Å². The predicted molar refractivity (Wildman–Crippen MR) is 126 cm³/mol. The number of aromatic nitrogens is 2. The van der Waals surface area contributed by atoms with Crippen LogP contribution in [0.25, 0.3) is 10.2 Å². The van der Waals surface area contributed by atoms with Crippen LogP contribution in [0.2, 0.25) is 0 Å². The summed E-state index contributed by atoms with van der Waals surface area (Å²) in [6, 6.07) is 5.67. The number of hydrogen-bond acceptors (Lipinski definition) is 6. The lowest BCUT2D eigenvalue weighted by molar-refractivity contribution is -0.121. The molecule has 0 bridgehead atoms. The van der Waals surface area contributed by atoms with Crippen LogP contribution < -0.4 is 20.3 Å². The Morgan fingerprint density at radius 2 is 1.94 bits per heavy atom. The minimum atomic E-state index is -0.0925. The molecule has 7 nitrogen and oxygen atoms in total. The van der Waals surface area contributed by atoms with E-state index in [1.54, 1.807) is 11.3 Å². The summed E-state index contributed by atoms with van der Waals surface area (Å²) in [5.41, 5.74) is 2.03. The zero-order valence-corrected chi connectivity index (χ0v) is 19.4. The van der Waals surface area contributed by atoms with Crippen LogP contribution in [-0.2, 0) is 30.6 Å². The van der Waals surface area contributed by atoms with E-state index in [0.29, 0.717) is 43.5 Å². The average Bonchev–Trinajstić information content (AvgIpc) is 3.17. The monoisotopic (exact) mass is 455 g/mol. The van der Waals surface area contributed by atoms with Gasteiger partial charge in [-0.2, -0.15) is 0 Å². The molecule has 4 rings (SSSR count). The fourth-order valence-corrected chi connectivity index (χ4v) is 5.33. The standard InChI is InChI=1S/C24H29N3O4S/c1-3-30-17-10-9-15(13-18(17)31-4-2)14-25-21(28)12-11-20-26-23(29)22-16-7-5-6-8-19(16)32-24(22)27-20/h9-10,13H,3-8,11-12,14H2,1-2H3,(H,25,28)(H,26,27,29). The lowest BCUT2D eigenvalue weighted by Crippen LogP contribution is -2.24. The van der Waals surface area contributed by atoms with Crippen molar-refractivity contribution in [3.8, 4) is 11.5 Å². The highest BCUT2D eigenvalue weighted by atomic mass is 32.1. The van der Waals surface area contributed by atoms with Gasteiger partial charge in [-0.05, 0) is 62.8 Å². The zero-order chi connectivity index (χ0) is 22.5. The molecular formula is C24H29N3O4S. The van der Waals surface area contributed by atoms with Crippen molar-refractivity contribution in [2.75, 3.05) is 13.2 Å². The first kappa shape index (κ1) is 22.3. The molecule has 0 fully saturated rings. The van der Waals surface area contributed by atoms with Gasteiger partial charge in [-0.1, -0.05) is 6.07 Å². The molecule has 0 saturated heterocycles. The molecule has 0 spiro atoms. The molecule has 0 saturated carbocycles. The summed E-state index contributed by atoms with van der Waals surface area (Å²) in [7, 11) is 0. The largest absolute Gasteiger partial charge is 0.490 e. The molecular weight excluding hydrogens is 426 g/mol. The SMILES string of the molecule is CCOc1ccc(CNC(=O)CCc2nc3sc4c(c3c(=O)[nH]2)CCCC4)cc1OCC. The van der Waals surface area contributed by atoms with E-state index in [-0.39, 0.29) is 17.9 Å². The van der Waals surface area contributed by atoms with Crippen LogP contribution in [0.15, 0.2) is 23.0 Å². The van der Waals surface area contributed by atoms with Crippen molar-refractivity contribution in [2.45, 2.75) is 58.9 Å². The third kappa shape index (κ3) is 4.96. The van der Waals surface area contributed by atoms with E-state index in [4.69, 9.17) is 9.47 Å². The lowest BCUT2D eigenvalue weighted by Gasteiger charge is -2.13. The van der Waals surface area contributed by atoms with Crippen LogP contribution >= 0.6 is 11.3 Å². The van der Waals surface area contributed by atoms with E-state index in [0.717, 1.165) is 35.0 Å². The minimum Gasteiger partial charge on any atom is -0.490 e. The first-order valence-corrected chi connectivity index (χ1v) is 12.1. The summed E-state index contributed by atoms with van der Waals surface area (Å²) >= 11 is 1.63. The van der Waals surface area contributed by atoms with Crippen molar-refractivity contribution in [2.24, 2.45) is 0 Å². The number of nitrogens with zero attached hydrogens (tertiary/aromatic N) is 1. The van der Waals surface area contributed by atoms with Crippen molar-refractivity contribution < 1.29 is 14.3 Å². The number of aromatic amines is 1. The summed E-state index contributed by atoms with van der Waals surface area (Å²) in [6.45, 7) is 5.35. The number of carbonyl (C=O) groups is 1. The van der Waals surface area contributed by atoms with Gasteiger partial charge in [0.2, 0.25) is 5.91 Å². The fraction of sp³-hybridized carbons (Fsp3) is 0.458. The van der Waals surface area contributed by atoms with Gasteiger partial charge in [-0.15, -0.1) is 11.3 Å². The Hall–Kier alpha value is -2.87.